The number of benzene rings is 2. The van der Waals surface area contributed by atoms with E-state index < -0.39 is 17.4 Å². The molecule has 2 aromatic carbocycles. The van der Waals surface area contributed by atoms with Gasteiger partial charge in [-0.1, -0.05) is 11.5 Å². The summed E-state index contributed by atoms with van der Waals surface area (Å²) < 4.78 is 20.8. The molecule has 3 aromatic rings. The minimum atomic E-state index is -0.567. The Kier molecular flexibility index (Phi) is 4.01. The van der Waals surface area contributed by atoms with Crippen molar-refractivity contribution in [2.24, 2.45) is 0 Å². The molecule has 0 N–H and O–H groups in total. The number of carbonyl (C=O) groups is 1. The Morgan fingerprint density at radius 2 is 1.79 bits per heavy atom. The van der Waals surface area contributed by atoms with Crippen LogP contribution < -0.4 is 5.56 Å². The number of rotatable bonds is 2. The van der Waals surface area contributed by atoms with Gasteiger partial charge in [0.15, 0.2) is 0 Å². The van der Waals surface area contributed by atoms with Crippen molar-refractivity contribution in [3.05, 3.63) is 64.2 Å². The van der Waals surface area contributed by atoms with Crippen LogP contribution in [-0.4, -0.2) is 15.5 Å². The minimum Gasteiger partial charge on any atom is -0.456 e. The lowest BCUT2D eigenvalue weighted by Gasteiger charge is -2.19. The average Bonchev–Trinajstić information content (AvgIpc) is 2.83. The van der Waals surface area contributed by atoms with Crippen molar-refractivity contribution in [3.8, 4) is 5.69 Å². The lowest BCUT2D eigenvalue weighted by Crippen LogP contribution is -2.23. The zero-order chi connectivity index (χ0) is 17.5. The molecule has 6 heteroatoms. The van der Waals surface area contributed by atoms with E-state index in [4.69, 9.17) is 4.74 Å². The molecular weight excluding hydrogens is 329 g/mol. The second kappa shape index (κ2) is 5.87. The minimum absolute atomic E-state index is 0.278. The van der Waals surface area contributed by atoms with E-state index in [9.17, 15) is 14.0 Å². The second-order valence-corrected chi connectivity index (χ2v) is 7.37. The molecule has 0 aliphatic rings. The van der Waals surface area contributed by atoms with E-state index in [0.717, 1.165) is 0 Å². The van der Waals surface area contributed by atoms with Gasteiger partial charge in [0.1, 0.15) is 11.4 Å². The van der Waals surface area contributed by atoms with Crippen molar-refractivity contribution in [2.45, 2.75) is 26.4 Å². The molecule has 0 aliphatic heterocycles. The molecule has 0 saturated carbocycles. The van der Waals surface area contributed by atoms with E-state index in [1.54, 1.807) is 51.1 Å². The number of hydrogen-bond acceptors (Lipinski definition) is 4. The predicted molar refractivity (Wildman–Crippen MR) is 92.5 cm³/mol. The summed E-state index contributed by atoms with van der Waals surface area (Å²) in [5.74, 6) is -0.857. The van der Waals surface area contributed by atoms with Crippen LogP contribution in [0.1, 0.15) is 31.1 Å². The van der Waals surface area contributed by atoms with Crippen LogP contribution in [0, 0.1) is 5.82 Å². The first kappa shape index (κ1) is 16.4. The maximum atomic E-state index is 13.3. The number of carbonyl (C=O) groups excluding carboxylic acids is 1. The first-order chi connectivity index (χ1) is 11.2. The molecule has 0 aliphatic carbocycles. The summed E-state index contributed by atoms with van der Waals surface area (Å²) >= 11 is 1.23. The molecule has 0 radical (unpaired) electrons. The molecule has 0 fully saturated rings. The van der Waals surface area contributed by atoms with Gasteiger partial charge in [-0.05, 0) is 63.2 Å². The van der Waals surface area contributed by atoms with Crippen LogP contribution in [0.15, 0.2) is 47.3 Å². The number of fused-ring (bicyclic) bond motifs is 1. The molecule has 3 rings (SSSR count). The van der Waals surface area contributed by atoms with E-state index >= 15 is 0 Å². The fourth-order valence-corrected chi connectivity index (χ4v) is 3.22. The van der Waals surface area contributed by atoms with Gasteiger partial charge in [0.05, 0.1) is 21.3 Å². The van der Waals surface area contributed by atoms with Gasteiger partial charge in [0, 0.05) is 0 Å². The van der Waals surface area contributed by atoms with Crippen molar-refractivity contribution in [1.82, 2.24) is 3.96 Å². The molecule has 0 unspecified atom stereocenters. The molecule has 0 atom stereocenters. The standard InChI is InChI=1S/C18H16FNO3S/c1-18(2,3)23-17(22)11-4-7-13(8-5-11)20-16(21)14-10-12(19)6-9-15(14)24-20/h4-10H,1-3H3. The van der Waals surface area contributed by atoms with Gasteiger partial charge in [0.2, 0.25) is 0 Å². The number of nitrogens with zero attached hydrogens (tertiary/aromatic N) is 1. The van der Waals surface area contributed by atoms with Gasteiger partial charge in [-0.3, -0.25) is 4.79 Å². The first-order valence-electron chi connectivity index (χ1n) is 7.40. The largest absolute Gasteiger partial charge is 0.456 e. The lowest BCUT2D eigenvalue weighted by molar-refractivity contribution is 0.00695. The Labute approximate surface area is 142 Å². The predicted octanol–water partition coefficient (Wildman–Crippen LogP) is 4.15. The van der Waals surface area contributed by atoms with Crippen LogP contribution in [0.4, 0.5) is 4.39 Å². The third-order valence-corrected chi connectivity index (χ3v) is 4.39. The summed E-state index contributed by atoms with van der Waals surface area (Å²) in [5, 5.41) is 0.344. The first-order valence-corrected chi connectivity index (χ1v) is 8.17. The summed E-state index contributed by atoms with van der Waals surface area (Å²) in [6, 6.07) is 10.7. The second-order valence-electron chi connectivity index (χ2n) is 6.38. The highest BCUT2D eigenvalue weighted by Gasteiger charge is 2.18. The van der Waals surface area contributed by atoms with Gasteiger partial charge in [-0.15, -0.1) is 0 Å². The van der Waals surface area contributed by atoms with Crippen molar-refractivity contribution in [3.63, 3.8) is 0 Å². The fourth-order valence-electron chi connectivity index (χ4n) is 2.24. The quantitative estimate of drug-likeness (QED) is 0.656. The van der Waals surface area contributed by atoms with Gasteiger partial charge in [-0.25, -0.2) is 13.1 Å². The number of aromatic nitrogens is 1. The normalized spacial score (nSPS) is 11.7. The summed E-state index contributed by atoms with van der Waals surface area (Å²) in [7, 11) is 0. The van der Waals surface area contributed by atoms with Crippen molar-refractivity contribution >= 4 is 27.6 Å². The highest BCUT2D eigenvalue weighted by atomic mass is 32.1. The zero-order valence-electron chi connectivity index (χ0n) is 13.5. The van der Waals surface area contributed by atoms with Gasteiger partial charge in [-0.2, -0.15) is 0 Å². The highest BCUT2D eigenvalue weighted by molar-refractivity contribution is 7.14. The Hall–Kier alpha value is -2.47. The highest BCUT2D eigenvalue weighted by Crippen LogP contribution is 2.21. The molecule has 1 heterocycles. The van der Waals surface area contributed by atoms with Gasteiger partial charge >= 0.3 is 5.97 Å². The Balaban J connectivity index is 1.96. The molecule has 0 bridgehead atoms. The number of hydrogen-bond donors (Lipinski definition) is 0. The summed E-state index contributed by atoms with van der Waals surface area (Å²) in [4.78, 5) is 24.4. The van der Waals surface area contributed by atoms with E-state index in [-0.39, 0.29) is 5.56 Å². The monoisotopic (exact) mass is 345 g/mol. The van der Waals surface area contributed by atoms with Crippen LogP contribution in [0.3, 0.4) is 0 Å². The van der Waals surface area contributed by atoms with E-state index in [0.29, 0.717) is 21.3 Å². The number of esters is 1. The molecule has 0 spiro atoms. The maximum Gasteiger partial charge on any atom is 0.338 e. The molecule has 24 heavy (non-hydrogen) atoms. The third kappa shape index (κ3) is 3.23. The van der Waals surface area contributed by atoms with Crippen molar-refractivity contribution in [1.29, 1.82) is 0 Å². The summed E-state index contributed by atoms with van der Waals surface area (Å²) in [6.45, 7) is 5.40. The van der Waals surface area contributed by atoms with Crippen LogP contribution in [0.5, 0.6) is 0 Å². The molecule has 124 valence electrons. The van der Waals surface area contributed by atoms with Gasteiger partial charge in [0.25, 0.3) is 5.56 Å². The van der Waals surface area contributed by atoms with Crippen LogP contribution >= 0.6 is 11.5 Å². The van der Waals surface area contributed by atoms with Crippen LogP contribution in [-0.2, 0) is 4.74 Å². The smallest absolute Gasteiger partial charge is 0.338 e. The third-order valence-electron chi connectivity index (χ3n) is 3.28. The van der Waals surface area contributed by atoms with Crippen molar-refractivity contribution < 1.29 is 13.9 Å². The molecule has 0 amide bonds. The molecular formula is C18H16FNO3S. The Morgan fingerprint density at radius 1 is 1.12 bits per heavy atom. The SMILES string of the molecule is CC(C)(C)OC(=O)c1ccc(-n2sc3ccc(F)cc3c2=O)cc1. The Morgan fingerprint density at radius 3 is 2.42 bits per heavy atom. The molecule has 4 nitrogen and oxygen atoms in total. The topological polar surface area (TPSA) is 48.3 Å². The lowest BCUT2D eigenvalue weighted by atomic mass is 10.1. The zero-order valence-corrected chi connectivity index (χ0v) is 14.3. The van der Waals surface area contributed by atoms with Crippen molar-refractivity contribution in [2.75, 3.05) is 0 Å². The summed E-state index contributed by atoms with van der Waals surface area (Å²) in [6.07, 6.45) is 0. The van der Waals surface area contributed by atoms with E-state index in [1.807, 2.05) is 0 Å². The van der Waals surface area contributed by atoms with E-state index in [1.165, 1.54) is 27.6 Å². The average molecular weight is 345 g/mol. The van der Waals surface area contributed by atoms with E-state index in [2.05, 4.69) is 0 Å². The number of ether oxygens (including phenoxy) is 1. The molecule has 1 aromatic heterocycles. The number of halogens is 1. The molecule has 0 saturated heterocycles. The Bertz CT molecular complexity index is 965. The van der Waals surface area contributed by atoms with Crippen LogP contribution in [0.2, 0.25) is 0 Å². The van der Waals surface area contributed by atoms with Crippen LogP contribution in [0.25, 0.3) is 15.8 Å². The fraction of sp³-hybridized carbons (Fsp3) is 0.222. The summed E-state index contributed by atoms with van der Waals surface area (Å²) in [5.41, 5.74) is 0.185. The van der Waals surface area contributed by atoms with Gasteiger partial charge < -0.3 is 4.74 Å². The maximum absolute atomic E-state index is 13.3.